The van der Waals surface area contributed by atoms with Crippen LogP contribution in [-0.4, -0.2) is 68.3 Å². The number of carbonyl (C=O) groups is 2. The van der Waals surface area contributed by atoms with E-state index in [0.717, 1.165) is 96.7 Å². The summed E-state index contributed by atoms with van der Waals surface area (Å²) in [6.45, 7) is 1.99. The maximum Gasteiger partial charge on any atom is 0.303 e. The van der Waals surface area contributed by atoms with Crippen LogP contribution in [0.5, 0.6) is 5.75 Å². The Balaban J connectivity index is 1.30. The second-order valence-corrected chi connectivity index (χ2v) is 16.5. The molecule has 264 valence electrons. The van der Waals surface area contributed by atoms with E-state index in [2.05, 4.69) is 50.6 Å². The van der Waals surface area contributed by atoms with Gasteiger partial charge in [-0.25, -0.2) is 4.72 Å². The van der Waals surface area contributed by atoms with E-state index in [1.165, 1.54) is 31.6 Å². The quantitative estimate of drug-likeness (QED) is 0.191. The van der Waals surface area contributed by atoms with E-state index in [-0.39, 0.29) is 11.5 Å². The Bertz CT molecular complexity index is 1970. The lowest BCUT2D eigenvalue weighted by Gasteiger charge is -2.35. The van der Waals surface area contributed by atoms with Crippen molar-refractivity contribution in [2.45, 2.75) is 76.2 Å². The van der Waals surface area contributed by atoms with Gasteiger partial charge in [0.05, 0.1) is 18.2 Å². The topological polar surface area (TPSA) is 101 Å². The maximum atomic E-state index is 14.5. The van der Waals surface area contributed by atoms with Gasteiger partial charge in [-0.3, -0.25) is 9.59 Å². The van der Waals surface area contributed by atoms with Crippen LogP contribution >= 0.6 is 0 Å². The van der Waals surface area contributed by atoms with E-state index in [0.29, 0.717) is 18.4 Å². The first kappa shape index (κ1) is 34.3. The van der Waals surface area contributed by atoms with Crippen LogP contribution in [0.2, 0.25) is 0 Å². The molecule has 3 aromatic carbocycles. The van der Waals surface area contributed by atoms with Crippen molar-refractivity contribution in [3.8, 4) is 17.0 Å². The van der Waals surface area contributed by atoms with E-state index < -0.39 is 21.5 Å². The van der Waals surface area contributed by atoms with Crippen molar-refractivity contribution in [1.82, 2.24) is 18.5 Å². The fourth-order valence-corrected chi connectivity index (χ4v) is 8.72. The predicted octanol–water partition coefficient (Wildman–Crippen LogP) is 7.09. The van der Waals surface area contributed by atoms with Gasteiger partial charge in [-0.15, -0.1) is 0 Å². The van der Waals surface area contributed by atoms with Crippen molar-refractivity contribution in [3.05, 3.63) is 89.5 Å². The molecule has 1 saturated heterocycles. The Morgan fingerprint density at radius 2 is 1.56 bits per heavy atom. The minimum absolute atomic E-state index is 0.219. The summed E-state index contributed by atoms with van der Waals surface area (Å²) in [6, 6.07) is 24.3. The van der Waals surface area contributed by atoms with Crippen molar-refractivity contribution in [2.24, 2.45) is 5.41 Å². The Labute approximate surface area is 295 Å². The lowest BCUT2D eigenvalue weighted by Crippen LogP contribution is -2.43. The van der Waals surface area contributed by atoms with Crippen LogP contribution < -0.4 is 9.46 Å². The third kappa shape index (κ3) is 6.67. The number of likely N-dealkylation sites (tertiary alicyclic amines) is 1. The number of rotatable bonds is 10. The Hall–Kier alpha value is -4.15. The Kier molecular flexibility index (Phi) is 9.52. The molecule has 1 N–H and O–H groups in total. The SMILES string of the molecule is COc1ccc(-c2c(C3CCCCC3)c3ccc(C(=O)NS(=O)(=O)N(C)C)cc3n2CC2(C(=O)N3CCC(c4ccccc4)CC3)CC2)cc1. The summed E-state index contributed by atoms with van der Waals surface area (Å²) in [6.07, 6.45) is 9.21. The number of amides is 2. The number of fused-ring (bicyclic) bond motifs is 1. The number of methoxy groups -OCH3 is 1. The molecule has 1 aliphatic heterocycles. The highest BCUT2D eigenvalue weighted by molar-refractivity contribution is 7.87. The summed E-state index contributed by atoms with van der Waals surface area (Å²) in [5.74, 6) is 1.10. The van der Waals surface area contributed by atoms with E-state index >= 15 is 0 Å². The van der Waals surface area contributed by atoms with Crippen LogP contribution in [0.15, 0.2) is 72.8 Å². The zero-order valence-corrected chi connectivity index (χ0v) is 30.2. The van der Waals surface area contributed by atoms with Gasteiger partial charge >= 0.3 is 10.2 Å². The number of aromatic nitrogens is 1. The van der Waals surface area contributed by atoms with Crippen molar-refractivity contribution in [2.75, 3.05) is 34.3 Å². The highest BCUT2D eigenvalue weighted by Gasteiger charge is 2.53. The smallest absolute Gasteiger partial charge is 0.303 e. The maximum absolute atomic E-state index is 14.5. The monoisotopic (exact) mass is 696 g/mol. The van der Waals surface area contributed by atoms with E-state index in [1.807, 2.05) is 30.3 Å². The van der Waals surface area contributed by atoms with Crippen molar-refractivity contribution >= 4 is 32.9 Å². The number of hydrogen-bond acceptors (Lipinski definition) is 5. The molecule has 10 heteroatoms. The van der Waals surface area contributed by atoms with Crippen LogP contribution in [0.4, 0.5) is 0 Å². The number of carbonyl (C=O) groups excluding carboxylic acids is 2. The molecule has 4 aromatic rings. The summed E-state index contributed by atoms with van der Waals surface area (Å²) >= 11 is 0. The predicted molar refractivity (Wildman–Crippen MR) is 196 cm³/mol. The van der Waals surface area contributed by atoms with Gasteiger partial charge in [0.15, 0.2) is 0 Å². The van der Waals surface area contributed by atoms with Crippen LogP contribution in [-0.2, 0) is 21.5 Å². The Morgan fingerprint density at radius 3 is 2.18 bits per heavy atom. The second-order valence-electron chi connectivity index (χ2n) is 14.6. The molecule has 2 amide bonds. The molecule has 2 saturated carbocycles. The number of hydrogen-bond donors (Lipinski definition) is 1. The molecule has 0 bridgehead atoms. The van der Waals surface area contributed by atoms with Gasteiger partial charge in [0, 0.05) is 50.2 Å². The summed E-state index contributed by atoms with van der Waals surface area (Å²) in [7, 11) is 0.456. The average Bonchev–Trinajstić information content (AvgIpc) is 3.87. The van der Waals surface area contributed by atoms with Gasteiger partial charge < -0.3 is 14.2 Å². The minimum Gasteiger partial charge on any atom is -0.497 e. The van der Waals surface area contributed by atoms with Crippen LogP contribution in [0, 0.1) is 5.41 Å². The molecule has 2 heterocycles. The summed E-state index contributed by atoms with van der Waals surface area (Å²) in [4.78, 5) is 29.9. The molecular weight excluding hydrogens is 649 g/mol. The van der Waals surface area contributed by atoms with Gasteiger partial charge in [0.1, 0.15) is 5.75 Å². The molecule has 7 rings (SSSR count). The lowest BCUT2D eigenvalue weighted by atomic mass is 9.81. The number of nitrogens with zero attached hydrogens (tertiary/aromatic N) is 3. The van der Waals surface area contributed by atoms with Gasteiger partial charge in [-0.2, -0.15) is 12.7 Å². The number of piperidine rings is 1. The largest absolute Gasteiger partial charge is 0.497 e. The first-order valence-electron chi connectivity index (χ1n) is 18.0. The normalized spacial score (nSPS) is 18.4. The van der Waals surface area contributed by atoms with E-state index in [1.54, 1.807) is 13.2 Å². The van der Waals surface area contributed by atoms with Crippen molar-refractivity contribution in [3.63, 3.8) is 0 Å². The van der Waals surface area contributed by atoms with Crippen molar-refractivity contribution < 1.29 is 22.7 Å². The highest BCUT2D eigenvalue weighted by Crippen LogP contribution is 2.52. The first-order valence-corrected chi connectivity index (χ1v) is 19.4. The second kappa shape index (κ2) is 13.9. The van der Waals surface area contributed by atoms with Crippen LogP contribution in [0.3, 0.4) is 0 Å². The summed E-state index contributed by atoms with van der Waals surface area (Å²) in [5.41, 5.74) is 5.31. The third-order valence-electron chi connectivity index (χ3n) is 11.3. The van der Waals surface area contributed by atoms with Crippen molar-refractivity contribution in [1.29, 1.82) is 0 Å². The molecule has 1 aromatic heterocycles. The first-order chi connectivity index (χ1) is 24.1. The van der Waals surface area contributed by atoms with Gasteiger partial charge in [0.2, 0.25) is 5.91 Å². The summed E-state index contributed by atoms with van der Waals surface area (Å²) < 4.78 is 36.2. The molecule has 50 heavy (non-hydrogen) atoms. The van der Waals surface area contributed by atoms with Gasteiger partial charge in [-0.1, -0.05) is 55.7 Å². The molecule has 0 unspecified atom stereocenters. The molecule has 3 fully saturated rings. The van der Waals surface area contributed by atoms with Gasteiger partial charge in [-0.05, 0) is 103 Å². The molecule has 3 aliphatic rings. The van der Waals surface area contributed by atoms with E-state index in [9.17, 15) is 18.0 Å². The molecule has 9 nitrogen and oxygen atoms in total. The minimum atomic E-state index is -3.98. The fraction of sp³-hybridized carbons (Fsp3) is 0.450. The fourth-order valence-electron chi connectivity index (χ4n) is 8.18. The molecule has 2 aliphatic carbocycles. The molecule has 0 spiro atoms. The molecule has 0 radical (unpaired) electrons. The number of benzene rings is 3. The lowest BCUT2D eigenvalue weighted by molar-refractivity contribution is -0.138. The third-order valence-corrected chi connectivity index (χ3v) is 12.7. The zero-order chi connectivity index (χ0) is 35.0. The van der Waals surface area contributed by atoms with E-state index in [4.69, 9.17) is 4.74 Å². The number of nitrogens with one attached hydrogen (secondary N) is 1. The number of ether oxygens (including phenoxy) is 1. The Morgan fingerprint density at radius 1 is 0.880 bits per heavy atom. The molecule has 0 atom stereocenters. The average molecular weight is 697 g/mol. The molecular formula is C40H48N4O5S. The standard InChI is InChI=1S/C40H48N4O5S/c1-42(2)50(47,48)41-38(45)32-16-19-34-35(26-32)44(37(31-14-17-33(49-3)18-15-31)36(34)30-12-8-5-9-13-30)27-40(22-23-40)39(46)43-24-20-29(21-25-43)28-10-6-4-7-11-28/h4,6-7,10-11,14-19,26,29-30H,5,8-9,12-13,20-25,27H2,1-3H3,(H,41,45). The van der Waals surface area contributed by atoms with Gasteiger partial charge in [0.25, 0.3) is 5.91 Å². The van der Waals surface area contributed by atoms with Crippen LogP contribution in [0.1, 0.15) is 91.1 Å². The highest BCUT2D eigenvalue weighted by atomic mass is 32.2. The zero-order valence-electron chi connectivity index (χ0n) is 29.4. The summed E-state index contributed by atoms with van der Waals surface area (Å²) in [5, 5.41) is 1.06. The van der Waals surface area contributed by atoms with Crippen LogP contribution in [0.25, 0.3) is 22.2 Å².